The zero-order chi connectivity index (χ0) is 20.5. The van der Waals surface area contributed by atoms with Crippen LogP contribution in [0.4, 0.5) is 4.39 Å². The molecule has 6 nitrogen and oxygen atoms in total. The Labute approximate surface area is 163 Å². The van der Waals surface area contributed by atoms with Crippen molar-refractivity contribution in [1.29, 1.82) is 0 Å². The molecule has 0 bridgehead atoms. The van der Waals surface area contributed by atoms with E-state index in [0.29, 0.717) is 16.8 Å². The van der Waals surface area contributed by atoms with Crippen LogP contribution in [0, 0.1) is 11.2 Å². The van der Waals surface area contributed by atoms with Crippen LogP contribution in [0.15, 0.2) is 42.6 Å². The Morgan fingerprint density at radius 3 is 2.57 bits per heavy atom. The lowest BCUT2D eigenvalue weighted by Crippen LogP contribution is -2.43. The van der Waals surface area contributed by atoms with Gasteiger partial charge >= 0.3 is 0 Å². The summed E-state index contributed by atoms with van der Waals surface area (Å²) in [5, 5.41) is 13.0. The second kappa shape index (κ2) is 7.67. The molecule has 7 heteroatoms. The van der Waals surface area contributed by atoms with Gasteiger partial charge in [-0.1, -0.05) is 32.9 Å². The maximum Gasteiger partial charge on any atom is 0.253 e. The highest BCUT2D eigenvalue weighted by Gasteiger charge is 2.38. The molecule has 1 fully saturated rings. The number of likely N-dealkylation sites (tertiary alicyclic amines) is 1. The molecule has 1 aliphatic rings. The van der Waals surface area contributed by atoms with Gasteiger partial charge in [-0.3, -0.25) is 14.6 Å². The molecular formula is C21H24FN3O3. The molecule has 2 heterocycles. The molecule has 0 saturated carbocycles. The van der Waals surface area contributed by atoms with Crippen LogP contribution in [0.5, 0.6) is 0 Å². The van der Waals surface area contributed by atoms with E-state index < -0.39 is 17.6 Å². The molecule has 0 spiro atoms. The topological polar surface area (TPSA) is 82.5 Å². The standard InChI is InChI=1S/C21H24FN3O3/c1-21(2,3)20(28)25-11-17(18(26)12-25)24-19(27)14-7-8-16(23-10-14)13-5-4-6-15(22)9-13/h4-10,17-18,26H,11-12H2,1-3H3,(H,24,27)/t17-,18?/m0/s1. The smallest absolute Gasteiger partial charge is 0.253 e. The molecule has 0 radical (unpaired) electrons. The van der Waals surface area contributed by atoms with Gasteiger partial charge in [0, 0.05) is 30.3 Å². The van der Waals surface area contributed by atoms with Crippen molar-refractivity contribution in [2.45, 2.75) is 32.9 Å². The average Bonchev–Trinajstić information content (AvgIpc) is 3.00. The van der Waals surface area contributed by atoms with E-state index in [-0.39, 0.29) is 30.7 Å². The van der Waals surface area contributed by atoms with Gasteiger partial charge in [0.1, 0.15) is 5.82 Å². The molecule has 2 N–H and O–H groups in total. The number of carbonyl (C=O) groups excluding carboxylic acids is 2. The number of amides is 2. The van der Waals surface area contributed by atoms with E-state index in [4.69, 9.17) is 0 Å². The van der Waals surface area contributed by atoms with Gasteiger partial charge in [0.15, 0.2) is 0 Å². The van der Waals surface area contributed by atoms with E-state index >= 15 is 0 Å². The Bertz CT molecular complexity index is 877. The first kappa shape index (κ1) is 19.9. The number of nitrogens with zero attached hydrogens (tertiary/aromatic N) is 2. The van der Waals surface area contributed by atoms with Crippen LogP contribution in [-0.2, 0) is 4.79 Å². The fraction of sp³-hybridized carbons (Fsp3) is 0.381. The Morgan fingerprint density at radius 2 is 1.96 bits per heavy atom. The number of nitrogens with one attached hydrogen (secondary N) is 1. The highest BCUT2D eigenvalue weighted by atomic mass is 19.1. The molecule has 0 aliphatic carbocycles. The summed E-state index contributed by atoms with van der Waals surface area (Å²) in [4.78, 5) is 30.7. The Hall–Kier alpha value is -2.80. The summed E-state index contributed by atoms with van der Waals surface area (Å²) in [6, 6.07) is 8.76. The third-order valence-electron chi connectivity index (χ3n) is 4.68. The number of aliphatic hydroxyl groups excluding tert-OH is 1. The van der Waals surface area contributed by atoms with Crippen LogP contribution in [-0.4, -0.2) is 52.0 Å². The maximum atomic E-state index is 13.3. The summed E-state index contributed by atoms with van der Waals surface area (Å²) < 4.78 is 13.3. The normalized spacial score (nSPS) is 19.5. The summed E-state index contributed by atoms with van der Waals surface area (Å²) >= 11 is 0. The van der Waals surface area contributed by atoms with Gasteiger partial charge in [0.05, 0.1) is 23.4 Å². The highest BCUT2D eigenvalue weighted by Crippen LogP contribution is 2.22. The summed E-state index contributed by atoms with van der Waals surface area (Å²) in [5.41, 5.74) is 0.955. The van der Waals surface area contributed by atoms with Crippen molar-refractivity contribution in [1.82, 2.24) is 15.2 Å². The lowest BCUT2D eigenvalue weighted by atomic mass is 9.95. The van der Waals surface area contributed by atoms with Crippen molar-refractivity contribution in [3.8, 4) is 11.3 Å². The number of halogens is 1. The fourth-order valence-electron chi connectivity index (χ4n) is 3.17. The van der Waals surface area contributed by atoms with E-state index in [1.54, 1.807) is 29.2 Å². The Kier molecular flexibility index (Phi) is 5.47. The van der Waals surface area contributed by atoms with E-state index in [0.717, 1.165) is 0 Å². The van der Waals surface area contributed by atoms with Crippen LogP contribution in [0.25, 0.3) is 11.3 Å². The van der Waals surface area contributed by atoms with Crippen molar-refractivity contribution in [2.75, 3.05) is 13.1 Å². The van der Waals surface area contributed by atoms with Gasteiger partial charge in [-0.15, -0.1) is 0 Å². The molecule has 148 valence electrons. The second-order valence-electron chi connectivity index (χ2n) is 8.05. The predicted octanol–water partition coefficient (Wildman–Crippen LogP) is 2.24. The van der Waals surface area contributed by atoms with Crippen molar-refractivity contribution < 1.29 is 19.1 Å². The summed E-state index contributed by atoms with van der Waals surface area (Å²) in [6.45, 7) is 5.91. The van der Waals surface area contributed by atoms with Gasteiger partial charge in [0.25, 0.3) is 5.91 Å². The number of hydrogen-bond acceptors (Lipinski definition) is 4. The van der Waals surface area contributed by atoms with Crippen molar-refractivity contribution in [3.63, 3.8) is 0 Å². The zero-order valence-electron chi connectivity index (χ0n) is 16.1. The first-order chi connectivity index (χ1) is 13.1. The number of β-amino-alcohol motifs (C(OH)–C–C–N with tert-alkyl or cyclic N) is 1. The average molecular weight is 385 g/mol. The monoisotopic (exact) mass is 385 g/mol. The molecule has 2 aromatic rings. The molecule has 1 aromatic carbocycles. The molecular weight excluding hydrogens is 361 g/mol. The number of aliphatic hydroxyl groups is 1. The van der Waals surface area contributed by atoms with Crippen molar-refractivity contribution >= 4 is 11.8 Å². The van der Waals surface area contributed by atoms with Crippen LogP contribution in [0.2, 0.25) is 0 Å². The van der Waals surface area contributed by atoms with Gasteiger partial charge in [0.2, 0.25) is 5.91 Å². The Morgan fingerprint density at radius 1 is 1.21 bits per heavy atom. The van der Waals surface area contributed by atoms with E-state index in [1.165, 1.54) is 18.3 Å². The number of carbonyl (C=O) groups is 2. The molecule has 1 unspecified atom stereocenters. The summed E-state index contributed by atoms with van der Waals surface area (Å²) in [5.74, 6) is -0.803. The van der Waals surface area contributed by atoms with Gasteiger partial charge in [-0.05, 0) is 24.3 Å². The van der Waals surface area contributed by atoms with Crippen LogP contribution in [0.3, 0.4) is 0 Å². The lowest BCUT2D eigenvalue weighted by Gasteiger charge is -2.25. The van der Waals surface area contributed by atoms with Gasteiger partial charge in [-0.25, -0.2) is 4.39 Å². The van der Waals surface area contributed by atoms with Crippen LogP contribution in [0.1, 0.15) is 31.1 Å². The number of benzene rings is 1. The number of rotatable bonds is 3. The zero-order valence-corrected chi connectivity index (χ0v) is 16.1. The number of hydrogen-bond donors (Lipinski definition) is 2. The minimum Gasteiger partial charge on any atom is -0.389 e. The molecule has 1 aliphatic heterocycles. The Balaban J connectivity index is 1.66. The third kappa shape index (κ3) is 4.36. The third-order valence-corrected chi connectivity index (χ3v) is 4.68. The molecule has 3 rings (SSSR count). The van der Waals surface area contributed by atoms with E-state index in [1.807, 2.05) is 20.8 Å². The lowest BCUT2D eigenvalue weighted by molar-refractivity contribution is -0.138. The maximum absolute atomic E-state index is 13.3. The SMILES string of the molecule is CC(C)(C)C(=O)N1CC(O)[C@@H](NC(=O)c2ccc(-c3cccc(F)c3)nc2)C1. The first-order valence-electron chi connectivity index (χ1n) is 9.15. The summed E-state index contributed by atoms with van der Waals surface area (Å²) in [7, 11) is 0. The first-order valence-corrected chi connectivity index (χ1v) is 9.15. The molecule has 28 heavy (non-hydrogen) atoms. The van der Waals surface area contributed by atoms with Gasteiger partial charge < -0.3 is 15.3 Å². The fourth-order valence-corrected chi connectivity index (χ4v) is 3.17. The van der Waals surface area contributed by atoms with Crippen molar-refractivity contribution in [2.24, 2.45) is 5.41 Å². The second-order valence-corrected chi connectivity index (χ2v) is 8.05. The minimum absolute atomic E-state index is 0.0654. The molecule has 2 atom stereocenters. The molecule has 1 saturated heterocycles. The summed E-state index contributed by atoms with van der Waals surface area (Å²) in [6.07, 6.45) is 0.587. The number of aromatic nitrogens is 1. The van der Waals surface area contributed by atoms with Gasteiger partial charge in [-0.2, -0.15) is 0 Å². The quantitative estimate of drug-likeness (QED) is 0.849. The minimum atomic E-state index is -0.824. The van der Waals surface area contributed by atoms with Crippen LogP contribution < -0.4 is 5.32 Å². The molecule has 1 aromatic heterocycles. The van der Waals surface area contributed by atoms with Crippen molar-refractivity contribution in [3.05, 3.63) is 54.0 Å². The molecule has 2 amide bonds. The largest absolute Gasteiger partial charge is 0.389 e. The van der Waals surface area contributed by atoms with E-state index in [9.17, 15) is 19.1 Å². The van der Waals surface area contributed by atoms with Crippen LogP contribution >= 0.6 is 0 Å². The number of pyridine rings is 1. The van der Waals surface area contributed by atoms with E-state index in [2.05, 4.69) is 10.3 Å². The predicted molar refractivity (Wildman–Crippen MR) is 103 cm³/mol. The highest BCUT2D eigenvalue weighted by molar-refractivity contribution is 5.94.